The summed E-state index contributed by atoms with van der Waals surface area (Å²) in [5.74, 6) is 2.65. The molecule has 3 aromatic heterocycles. The van der Waals surface area contributed by atoms with E-state index in [2.05, 4.69) is 35.4 Å². The number of hydrogen-bond donors (Lipinski definition) is 1. The lowest BCUT2D eigenvalue weighted by molar-refractivity contribution is -0.120. The van der Waals surface area contributed by atoms with Gasteiger partial charge in [-0.1, -0.05) is 23.7 Å². The van der Waals surface area contributed by atoms with Gasteiger partial charge in [-0.15, -0.1) is 10.2 Å². The summed E-state index contributed by atoms with van der Waals surface area (Å²) in [4.78, 5) is 27.7. The Morgan fingerprint density at radius 2 is 1.79 bits per heavy atom. The van der Waals surface area contributed by atoms with E-state index in [0.29, 0.717) is 16.7 Å². The highest BCUT2D eigenvalue weighted by molar-refractivity contribution is 6.30. The van der Waals surface area contributed by atoms with Crippen molar-refractivity contribution in [1.29, 1.82) is 0 Å². The Morgan fingerprint density at radius 1 is 1.00 bits per heavy atom. The highest BCUT2D eigenvalue weighted by Gasteiger charge is 2.26. The Balaban J connectivity index is 1.18. The van der Waals surface area contributed by atoms with Gasteiger partial charge in [-0.2, -0.15) is 0 Å². The molecule has 1 N–H and O–H groups in total. The van der Waals surface area contributed by atoms with Crippen molar-refractivity contribution in [2.24, 2.45) is 5.92 Å². The van der Waals surface area contributed by atoms with E-state index >= 15 is 0 Å². The number of carbonyl (C=O) groups is 1. The number of aryl methyl sites for hydroxylation is 1. The lowest BCUT2D eigenvalue weighted by atomic mass is 9.96. The topological polar surface area (TPSA) is 102 Å². The van der Waals surface area contributed by atoms with E-state index in [0.717, 1.165) is 48.8 Å². The predicted octanol–water partition coefficient (Wildman–Crippen LogP) is 3.94. The number of anilines is 2. The molecular formula is C24H23ClN8O. The number of hydrogen-bond acceptors (Lipinski definition) is 7. The molecule has 0 saturated carbocycles. The molecule has 1 saturated heterocycles. The van der Waals surface area contributed by atoms with Crippen molar-refractivity contribution in [3.8, 4) is 17.1 Å². The average Bonchev–Trinajstić information content (AvgIpc) is 3.31. The fourth-order valence-corrected chi connectivity index (χ4v) is 4.16. The van der Waals surface area contributed by atoms with Crippen LogP contribution in [0.3, 0.4) is 0 Å². The Hall–Kier alpha value is -3.85. The molecule has 4 aromatic rings. The molecule has 0 radical (unpaired) electrons. The number of halogens is 1. The average molecular weight is 475 g/mol. The van der Waals surface area contributed by atoms with E-state index in [1.54, 1.807) is 12.3 Å². The van der Waals surface area contributed by atoms with E-state index in [4.69, 9.17) is 11.6 Å². The summed E-state index contributed by atoms with van der Waals surface area (Å²) >= 11 is 5.96. The fourth-order valence-electron chi connectivity index (χ4n) is 4.03. The number of nitrogens with one attached hydrogen (secondary N) is 1. The monoisotopic (exact) mass is 474 g/mol. The third-order valence-electron chi connectivity index (χ3n) is 5.96. The zero-order valence-corrected chi connectivity index (χ0v) is 19.4. The third kappa shape index (κ3) is 4.74. The SMILES string of the molecule is Cc1nccn1-c1cc(NC(=O)C2CCN(c3ccc(-c4ccc(Cl)cc4)nn3)CC2)ncn1. The van der Waals surface area contributed by atoms with Crippen LogP contribution in [0.2, 0.25) is 5.02 Å². The van der Waals surface area contributed by atoms with Crippen LogP contribution < -0.4 is 10.2 Å². The van der Waals surface area contributed by atoms with Crippen LogP contribution in [0.4, 0.5) is 11.6 Å². The van der Waals surface area contributed by atoms with E-state index in [1.165, 1.54) is 6.33 Å². The van der Waals surface area contributed by atoms with Crippen molar-refractivity contribution in [2.45, 2.75) is 19.8 Å². The van der Waals surface area contributed by atoms with Gasteiger partial charge in [-0.05, 0) is 44.0 Å². The number of nitrogens with zero attached hydrogens (tertiary/aromatic N) is 7. The number of amides is 1. The van der Waals surface area contributed by atoms with Crippen molar-refractivity contribution >= 4 is 29.1 Å². The van der Waals surface area contributed by atoms with Gasteiger partial charge in [0.2, 0.25) is 5.91 Å². The summed E-state index contributed by atoms with van der Waals surface area (Å²) in [7, 11) is 0. The van der Waals surface area contributed by atoms with Gasteiger partial charge >= 0.3 is 0 Å². The normalized spacial score (nSPS) is 14.2. The zero-order chi connectivity index (χ0) is 23.5. The number of benzene rings is 1. The molecular weight excluding hydrogens is 452 g/mol. The molecule has 9 nitrogen and oxygen atoms in total. The highest BCUT2D eigenvalue weighted by Crippen LogP contribution is 2.25. The van der Waals surface area contributed by atoms with Crippen molar-refractivity contribution in [1.82, 2.24) is 29.7 Å². The van der Waals surface area contributed by atoms with Crippen LogP contribution in [0.25, 0.3) is 17.1 Å². The van der Waals surface area contributed by atoms with Crippen LogP contribution in [0.5, 0.6) is 0 Å². The Morgan fingerprint density at radius 3 is 2.47 bits per heavy atom. The maximum absolute atomic E-state index is 12.9. The maximum Gasteiger partial charge on any atom is 0.228 e. The molecule has 0 unspecified atom stereocenters. The first-order valence-corrected chi connectivity index (χ1v) is 11.4. The molecule has 10 heteroatoms. The van der Waals surface area contributed by atoms with Gasteiger partial charge in [0.25, 0.3) is 0 Å². The van der Waals surface area contributed by atoms with Crippen LogP contribution in [-0.4, -0.2) is 48.7 Å². The van der Waals surface area contributed by atoms with Crippen LogP contribution in [-0.2, 0) is 4.79 Å². The van der Waals surface area contributed by atoms with E-state index in [9.17, 15) is 4.79 Å². The molecule has 1 aliphatic heterocycles. The summed E-state index contributed by atoms with van der Waals surface area (Å²) in [6.07, 6.45) is 6.43. The maximum atomic E-state index is 12.9. The van der Waals surface area contributed by atoms with Crippen LogP contribution >= 0.6 is 11.6 Å². The predicted molar refractivity (Wildman–Crippen MR) is 130 cm³/mol. The van der Waals surface area contributed by atoms with Crippen molar-refractivity contribution in [3.63, 3.8) is 0 Å². The molecule has 0 aliphatic carbocycles. The summed E-state index contributed by atoms with van der Waals surface area (Å²) in [5.41, 5.74) is 1.76. The van der Waals surface area contributed by atoms with Crippen molar-refractivity contribution in [2.75, 3.05) is 23.3 Å². The largest absolute Gasteiger partial charge is 0.355 e. The molecule has 34 heavy (non-hydrogen) atoms. The standard InChI is InChI=1S/C24H23ClN8O/c1-16-26-10-13-33(16)23-14-21(27-15-28-23)29-24(34)18-8-11-32(12-9-18)22-7-6-20(30-31-22)17-2-4-19(25)5-3-17/h2-7,10,13-15,18H,8-9,11-12H2,1H3,(H,27,28,29,34). The van der Waals surface area contributed by atoms with Gasteiger partial charge in [0.15, 0.2) is 5.82 Å². The van der Waals surface area contributed by atoms with E-state index in [1.807, 2.05) is 54.1 Å². The number of aromatic nitrogens is 6. The molecule has 1 fully saturated rings. The van der Waals surface area contributed by atoms with Crippen LogP contribution in [0, 0.1) is 12.8 Å². The molecule has 0 bridgehead atoms. The Kier molecular flexibility index (Phi) is 6.18. The van der Waals surface area contributed by atoms with Gasteiger partial charge in [0, 0.05) is 48.1 Å². The second-order valence-electron chi connectivity index (χ2n) is 8.14. The summed E-state index contributed by atoms with van der Waals surface area (Å²) in [6.45, 7) is 3.36. The van der Waals surface area contributed by atoms with Crippen molar-refractivity contribution < 1.29 is 4.79 Å². The fraction of sp³-hybridized carbons (Fsp3) is 0.250. The lowest BCUT2D eigenvalue weighted by Gasteiger charge is -2.31. The number of rotatable bonds is 5. The molecule has 172 valence electrons. The molecule has 4 heterocycles. The van der Waals surface area contributed by atoms with Crippen LogP contribution in [0.1, 0.15) is 18.7 Å². The van der Waals surface area contributed by atoms with Crippen LogP contribution in [0.15, 0.2) is 61.2 Å². The van der Waals surface area contributed by atoms with E-state index < -0.39 is 0 Å². The van der Waals surface area contributed by atoms with Crippen molar-refractivity contribution in [3.05, 3.63) is 72.0 Å². The highest BCUT2D eigenvalue weighted by atomic mass is 35.5. The number of carbonyl (C=O) groups excluding carboxylic acids is 1. The lowest BCUT2D eigenvalue weighted by Crippen LogP contribution is -2.38. The third-order valence-corrected chi connectivity index (χ3v) is 6.21. The van der Waals surface area contributed by atoms with Gasteiger partial charge in [-0.3, -0.25) is 9.36 Å². The molecule has 0 spiro atoms. The second-order valence-corrected chi connectivity index (χ2v) is 8.58. The minimum Gasteiger partial charge on any atom is -0.355 e. The summed E-state index contributed by atoms with van der Waals surface area (Å²) < 4.78 is 1.84. The number of piperidine rings is 1. The Bertz CT molecular complexity index is 1280. The number of imidazole rings is 1. The molecule has 5 rings (SSSR count). The van der Waals surface area contributed by atoms with E-state index in [-0.39, 0.29) is 11.8 Å². The minimum atomic E-state index is -0.0917. The second kappa shape index (κ2) is 9.56. The first-order valence-electron chi connectivity index (χ1n) is 11.0. The van der Waals surface area contributed by atoms with Gasteiger partial charge in [0.1, 0.15) is 23.8 Å². The summed E-state index contributed by atoms with van der Waals surface area (Å²) in [6, 6.07) is 13.2. The molecule has 1 aliphatic rings. The molecule has 0 atom stereocenters. The first kappa shape index (κ1) is 22.0. The summed E-state index contributed by atoms with van der Waals surface area (Å²) in [5, 5.41) is 12.4. The smallest absolute Gasteiger partial charge is 0.228 e. The zero-order valence-electron chi connectivity index (χ0n) is 18.6. The minimum absolute atomic E-state index is 0.0316. The molecule has 1 amide bonds. The Labute approximate surface area is 201 Å². The molecule has 1 aromatic carbocycles. The van der Waals surface area contributed by atoms with Gasteiger partial charge in [0.05, 0.1) is 5.69 Å². The first-order chi connectivity index (χ1) is 16.6. The quantitative estimate of drug-likeness (QED) is 0.467. The van der Waals surface area contributed by atoms with Gasteiger partial charge in [-0.25, -0.2) is 15.0 Å². The van der Waals surface area contributed by atoms with Gasteiger partial charge < -0.3 is 10.2 Å².